The summed E-state index contributed by atoms with van der Waals surface area (Å²) in [6.45, 7) is 6.44. The van der Waals surface area contributed by atoms with Crippen molar-refractivity contribution in [3.63, 3.8) is 0 Å². The Kier molecular flexibility index (Phi) is 10.6. The van der Waals surface area contributed by atoms with E-state index in [9.17, 15) is 18.0 Å². The molecule has 0 unspecified atom stereocenters. The van der Waals surface area contributed by atoms with Gasteiger partial charge in [0.1, 0.15) is 5.75 Å². The minimum atomic E-state index is -4.40. The van der Waals surface area contributed by atoms with Crippen LogP contribution >= 0.6 is 0 Å². The highest BCUT2D eigenvalue weighted by atomic mass is 19.4. The van der Waals surface area contributed by atoms with Crippen LogP contribution in [0.2, 0.25) is 0 Å². The van der Waals surface area contributed by atoms with Crippen LogP contribution in [0.15, 0.2) is 36.9 Å². The number of nitrogens with zero attached hydrogens (tertiary/aromatic N) is 2. The molecule has 1 aromatic carbocycles. The molecular weight excluding hydrogens is 417 g/mol. The van der Waals surface area contributed by atoms with Crippen molar-refractivity contribution in [1.82, 2.24) is 9.80 Å². The molecule has 0 N–H and O–H groups in total. The van der Waals surface area contributed by atoms with Crippen molar-refractivity contribution in [2.75, 3.05) is 33.7 Å². The molecular formula is C25H37F3N2O2. The highest BCUT2D eigenvalue weighted by Gasteiger charge is 2.30. The van der Waals surface area contributed by atoms with Gasteiger partial charge in [0.05, 0.1) is 5.56 Å². The van der Waals surface area contributed by atoms with Crippen molar-refractivity contribution < 1.29 is 22.7 Å². The fraction of sp³-hybridized carbons (Fsp3) is 0.640. The molecule has 0 aliphatic heterocycles. The van der Waals surface area contributed by atoms with Gasteiger partial charge in [-0.3, -0.25) is 0 Å². The second-order valence-electron chi connectivity index (χ2n) is 9.06. The molecule has 0 aromatic heterocycles. The van der Waals surface area contributed by atoms with Crippen molar-refractivity contribution in [1.29, 1.82) is 0 Å². The first kappa shape index (κ1) is 26.2. The number of alkyl halides is 3. The minimum absolute atomic E-state index is 0.120. The average Bonchev–Trinajstić information content (AvgIpc) is 2.74. The molecule has 7 heteroatoms. The Bertz CT molecular complexity index is 698. The van der Waals surface area contributed by atoms with Gasteiger partial charge >= 0.3 is 12.3 Å². The molecule has 1 aliphatic carbocycles. The first-order valence-corrected chi connectivity index (χ1v) is 11.6. The summed E-state index contributed by atoms with van der Waals surface area (Å²) >= 11 is 0. The zero-order valence-electron chi connectivity index (χ0n) is 19.4. The number of benzene rings is 1. The smallest absolute Gasteiger partial charge is 0.410 e. The lowest BCUT2D eigenvalue weighted by Crippen LogP contribution is -2.35. The monoisotopic (exact) mass is 454 g/mol. The molecule has 0 saturated heterocycles. The van der Waals surface area contributed by atoms with Gasteiger partial charge in [-0.05, 0) is 69.0 Å². The third kappa shape index (κ3) is 9.23. The largest absolute Gasteiger partial charge is 0.416 e. The zero-order chi connectivity index (χ0) is 23.6. The Morgan fingerprint density at radius 1 is 1.06 bits per heavy atom. The molecule has 0 atom stereocenters. The lowest BCUT2D eigenvalue weighted by Gasteiger charge is -2.31. The van der Waals surface area contributed by atoms with Crippen LogP contribution in [-0.2, 0) is 6.18 Å². The second kappa shape index (κ2) is 12.9. The summed E-state index contributed by atoms with van der Waals surface area (Å²) in [5, 5.41) is 0. The summed E-state index contributed by atoms with van der Waals surface area (Å²) < 4.78 is 43.1. The summed E-state index contributed by atoms with van der Waals surface area (Å²) in [5.41, 5.74) is -0.762. The Morgan fingerprint density at radius 3 is 2.28 bits per heavy atom. The van der Waals surface area contributed by atoms with E-state index in [1.54, 1.807) is 7.05 Å². The predicted octanol–water partition coefficient (Wildman–Crippen LogP) is 6.62. The van der Waals surface area contributed by atoms with Crippen LogP contribution in [0, 0.1) is 11.8 Å². The number of unbranched alkanes of at least 4 members (excludes halogenated alkanes) is 2. The van der Waals surface area contributed by atoms with E-state index in [2.05, 4.69) is 18.5 Å². The van der Waals surface area contributed by atoms with Gasteiger partial charge in [-0.1, -0.05) is 38.2 Å². The Hall–Kier alpha value is -2.02. The molecule has 2 rings (SSSR count). The number of ether oxygens (including phenoxy) is 1. The SMILES string of the molecule is C=CCN(C)CCCCC[C@H]1CC[C@H](CN(C)C(=O)Oc2ccc(C(F)(F)F)cc2)CC1. The maximum absolute atomic E-state index is 12.6. The number of hydrogen-bond acceptors (Lipinski definition) is 3. The van der Waals surface area contributed by atoms with Gasteiger partial charge in [-0.15, -0.1) is 6.58 Å². The normalized spacial score (nSPS) is 19.1. The molecule has 1 fully saturated rings. The van der Waals surface area contributed by atoms with Crippen molar-refractivity contribution in [2.45, 2.75) is 57.5 Å². The van der Waals surface area contributed by atoms with Crippen LogP contribution in [0.3, 0.4) is 0 Å². The van der Waals surface area contributed by atoms with Crippen LogP contribution < -0.4 is 4.74 Å². The van der Waals surface area contributed by atoms with E-state index in [1.807, 2.05) is 6.08 Å². The first-order valence-electron chi connectivity index (χ1n) is 11.6. The lowest BCUT2D eigenvalue weighted by molar-refractivity contribution is -0.137. The van der Waals surface area contributed by atoms with E-state index < -0.39 is 17.8 Å². The Labute approximate surface area is 190 Å². The van der Waals surface area contributed by atoms with Gasteiger partial charge in [0, 0.05) is 20.1 Å². The van der Waals surface area contributed by atoms with Gasteiger partial charge in [-0.25, -0.2) is 4.79 Å². The highest BCUT2D eigenvalue weighted by molar-refractivity contribution is 5.70. The first-order chi connectivity index (χ1) is 15.2. The van der Waals surface area contributed by atoms with Gasteiger partial charge in [0.15, 0.2) is 0 Å². The molecule has 0 heterocycles. The molecule has 1 saturated carbocycles. The zero-order valence-corrected chi connectivity index (χ0v) is 19.4. The Balaban J connectivity index is 1.63. The third-order valence-corrected chi connectivity index (χ3v) is 6.29. The third-order valence-electron chi connectivity index (χ3n) is 6.29. The maximum atomic E-state index is 12.6. The molecule has 4 nitrogen and oxygen atoms in total. The van der Waals surface area contributed by atoms with Gasteiger partial charge in [0.2, 0.25) is 0 Å². The van der Waals surface area contributed by atoms with Crippen molar-refractivity contribution in [2.24, 2.45) is 11.8 Å². The summed E-state index contributed by atoms with van der Waals surface area (Å²) in [6.07, 6.45) is 6.64. The van der Waals surface area contributed by atoms with Gasteiger partial charge in [0.25, 0.3) is 0 Å². The van der Waals surface area contributed by atoms with Gasteiger partial charge in [-0.2, -0.15) is 13.2 Å². The van der Waals surface area contributed by atoms with E-state index >= 15 is 0 Å². The second-order valence-corrected chi connectivity index (χ2v) is 9.06. The quantitative estimate of drug-likeness (QED) is 0.278. The number of halogens is 3. The fourth-order valence-electron chi connectivity index (χ4n) is 4.36. The van der Waals surface area contributed by atoms with Crippen molar-refractivity contribution in [3.05, 3.63) is 42.5 Å². The van der Waals surface area contributed by atoms with Crippen LogP contribution in [0.5, 0.6) is 5.75 Å². The molecule has 1 amide bonds. The highest BCUT2D eigenvalue weighted by Crippen LogP contribution is 2.33. The topological polar surface area (TPSA) is 32.8 Å². The van der Waals surface area contributed by atoms with Crippen LogP contribution in [0.4, 0.5) is 18.0 Å². The predicted molar refractivity (Wildman–Crippen MR) is 122 cm³/mol. The number of likely N-dealkylation sites (N-methyl/N-ethyl adjacent to an activating group) is 1. The molecule has 180 valence electrons. The van der Waals surface area contributed by atoms with Crippen LogP contribution in [0.25, 0.3) is 0 Å². The summed E-state index contributed by atoms with van der Waals surface area (Å²) in [5.74, 6) is 1.35. The maximum Gasteiger partial charge on any atom is 0.416 e. The molecule has 32 heavy (non-hydrogen) atoms. The molecule has 1 aromatic rings. The summed E-state index contributed by atoms with van der Waals surface area (Å²) in [7, 11) is 3.81. The summed E-state index contributed by atoms with van der Waals surface area (Å²) in [4.78, 5) is 16.1. The minimum Gasteiger partial charge on any atom is -0.410 e. The summed E-state index contributed by atoms with van der Waals surface area (Å²) in [6, 6.07) is 4.20. The molecule has 0 spiro atoms. The van der Waals surface area contributed by atoms with Crippen LogP contribution in [0.1, 0.15) is 56.9 Å². The van der Waals surface area contributed by atoms with Crippen molar-refractivity contribution >= 4 is 6.09 Å². The van der Waals surface area contributed by atoms with Crippen LogP contribution in [-0.4, -0.2) is 49.6 Å². The lowest BCUT2D eigenvalue weighted by atomic mass is 9.79. The van der Waals surface area contributed by atoms with E-state index in [4.69, 9.17) is 4.74 Å². The van der Waals surface area contributed by atoms with E-state index in [0.717, 1.165) is 44.0 Å². The number of amides is 1. The molecule has 0 radical (unpaired) electrons. The number of rotatable bonds is 11. The number of carbonyl (C=O) groups excluding carboxylic acids is 1. The van der Waals surface area contributed by atoms with E-state index in [1.165, 1.54) is 55.6 Å². The standard InChI is InChI=1S/C25H37F3N2O2/c1-4-17-29(2)18-7-5-6-8-20-9-11-21(12-10-20)19-30(3)24(31)32-23-15-13-22(14-16-23)25(26,27)28/h4,13-16,20-21H,1,5-12,17-19H2,2-3H3/t20-,21-. The van der Waals surface area contributed by atoms with Crippen molar-refractivity contribution in [3.8, 4) is 5.75 Å². The van der Waals surface area contributed by atoms with Gasteiger partial charge < -0.3 is 14.5 Å². The average molecular weight is 455 g/mol. The Morgan fingerprint density at radius 2 is 1.69 bits per heavy atom. The van der Waals surface area contributed by atoms with E-state index in [0.29, 0.717) is 12.5 Å². The number of hydrogen-bond donors (Lipinski definition) is 0. The van der Waals surface area contributed by atoms with E-state index in [-0.39, 0.29) is 5.75 Å². The molecule has 1 aliphatic rings. The molecule has 0 bridgehead atoms. The number of carbonyl (C=O) groups is 1. The fourth-order valence-corrected chi connectivity index (χ4v) is 4.36.